The molecule has 0 aromatic rings. The van der Waals surface area contributed by atoms with Gasteiger partial charge in [0.15, 0.2) is 0 Å². The van der Waals surface area contributed by atoms with E-state index in [9.17, 15) is 4.79 Å². The van der Waals surface area contributed by atoms with E-state index in [1.54, 1.807) is 4.90 Å². The van der Waals surface area contributed by atoms with Crippen molar-refractivity contribution < 1.29 is 9.53 Å². The van der Waals surface area contributed by atoms with Crippen molar-refractivity contribution in [2.45, 2.75) is 12.8 Å². The highest BCUT2D eigenvalue weighted by Gasteiger charge is 2.15. The summed E-state index contributed by atoms with van der Waals surface area (Å²) >= 11 is 0. The molecule has 57 valence electrons. The van der Waals surface area contributed by atoms with Crippen LogP contribution in [0, 0.1) is 6.42 Å². The molecule has 3 nitrogen and oxygen atoms in total. The predicted molar refractivity (Wildman–Crippen MR) is 37.5 cm³/mol. The number of amides is 1. The maximum atomic E-state index is 10.9. The van der Waals surface area contributed by atoms with Gasteiger partial charge in [-0.25, -0.2) is 4.79 Å². The fourth-order valence-electron chi connectivity index (χ4n) is 1.06. The lowest BCUT2D eigenvalue weighted by Gasteiger charge is -2.24. The van der Waals surface area contributed by atoms with Crippen LogP contribution in [0.4, 0.5) is 4.79 Å². The summed E-state index contributed by atoms with van der Waals surface area (Å²) in [5, 5.41) is 0. The van der Waals surface area contributed by atoms with E-state index >= 15 is 0 Å². The van der Waals surface area contributed by atoms with Crippen molar-refractivity contribution in [1.82, 2.24) is 4.90 Å². The highest BCUT2D eigenvalue weighted by atomic mass is 16.5. The molecule has 0 N–H and O–H groups in total. The van der Waals surface area contributed by atoms with Crippen LogP contribution in [0.3, 0.4) is 0 Å². The SMILES string of the molecule is COC(=O)N1C[CH]CCC1. The van der Waals surface area contributed by atoms with Crippen LogP contribution in [-0.2, 0) is 4.74 Å². The molecule has 1 aliphatic heterocycles. The maximum Gasteiger partial charge on any atom is 0.409 e. The Morgan fingerprint density at radius 3 is 3.00 bits per heavy atom. The average molecular weight is 142 g/mol. The minimum absolute atomic E-state index is 0.212. The molecule has 1 saturated heterocycles. The Balaban J connectivity index is 2.31. The number of carbonyl (C=O) groups is 1. The summed E-state index contributed by atoms with van der Waals surface area (Å²) in [4.78, 5) is 12.5. The molecule has 0 aromatic heterocycles. The number of nitrogens with zero attached hydrogens (tertiary/aromatic N) is 1. The summed E-state index contributed by atoms with van der Waals surface area (Å²) < 4.78 is 4.56. The van der Waals surface area contributed by atoms with E-state index < -0.39 is 0 Å². The van der Waals surface area contributed by atoms with E-state index in [1.807, 2.05) is 0 Å². The van der Waals surface area contributed by atoms with E-state index in [0.29, 0.717) is 0 Å². The largest absolute Gasteiger partial charge is 0.453 e. The summed E-state index contributed by atoms with van der Waals surface area (Å²) in [6.45, 7) is 1.58. The number of rotatable bonds is 0. The highest BCUT2D eigenvalue weighted by Crippen LogP contribution is 2.07. The van der Waals surface area contributed by atoms with Crippen LogP contribution in [0.2, 0.25) is 0 Å². The van der Waals surface area contributed by atoms with Crippen molar-refractivity contribution in [3.05, 3.63) is 6.42 Å². The number of hydrogen-bond acceptors (Lipinski definition) is 2. The zero-order chi connectivity index (χ0) is 7.40. The Kier molecular flexibility index (Phi) is 2.54. The average Bonchev–Trinajstić information content (AvgIpc) is 2.05. The van der Waals surface area contributed by atoms with Crippen LogP contribution in [0.15, 0.2) is 0 Å². The van der Waals surface area contributed by atoms with Gasteiger partial charge in [-0.1, -0.05) is 0 Å². The van der Waals surface area contributed by atoms with Gasteiger partial charge in [-0.2, -0.15) is 0 Å². The quantitative estimate of drug-likeness (QED) is 0.506. The smallest absolute Gasteiger partial charge is 0.409 e. The number of ether oxygens (including phenoxy) is 1. The first kappa shape index (κ1) is 7.38. The van der Waals surface area contributed by atoms with Crippen LogP contribution in [0.25, 0.3) is 0 Å². The zero-order valence-corrected chi connectivity index (χ0v) is 6.17. The molecule has 1 amide bonds. The molecule has 1 aliphatic rings. The van der Waals surface area contributed by atoms with Gasteiger partial charge >= 0.3 is 6.09 Å². The zero-order valence-electron chi connectivity index (χ0n) is 6.17. The van der Waals surface area contributed by atoms with Gasteiger partial charge in [-0.05, 0) is 19.3 Å². The van der Waals surface area contributed by atoms with Crippen LogP contribution < -0.4 is 0 Å². The summed E-state index contributed by atoms with van der Waals surface area (Å²) in [6, 6.07) is 0. The van der Waals surface area contributed by atoms with E-state index in [4.69, 9.17) is 0 Å². The van der Waals surface area contributed by atoms with Gasteiger partial charge in [-0.15, -0.1) is 0 Å². The van der Waals surface area contributed by atoms with Gasteiger partial charge in [0.1, 0.15) is 0 Å². The van der Waals surface area contributed by atoms with Gasteiger partial charge < -0.3 is 9.64 Å². The standard InChI is InChI=1S/C7H12NO2/c1-10-7(9)8-5-3-2-4-6-8/h3H,2,4-6H2,1H3. The van der Waals surface area contributed by atoms with E-state index in [2.05, 4.69) is 11.2 Å². The second-order valence-corrected chi connectivity index (χ2v) is 2.35. The Labute approximate surface area is 61.0 Å². The van der Waals surface area contributed by atoms with Gasteiger partial charge in [-0.3, -0.25) is 0 Å². The van der Waals surface area contributed by atoms with Crippen LogP contribution >= 0.6 is 0 Å². The molecule has 1 rings (SSSR count). The molecule has 0 aliphatic carbocycles. The van der Waals surface area contributed by atoms with Crippen molar-refractivity contribution in [3.8, 4) is 0 Å². The first-order valence-corrected chi connectivity index (χ1v) is 3.49. The van der Waals surface area contributed by atoms with Gasteiger partial charge in [0.25, 0.3) is 0 Å². The Morgan fingerprint density at radius 1 is 1.70 bits per heavy atom. The Morgan fingerprint density at radius 2 is 2.50 bits per heavy atom. The topological polar surface area (TPSA) is 29.5 Å². The molecule has 10 heavy (non-hydrogen) atoms. The fraction of sp³-hybridized carbons (Fsp3) is 0.714. The monoisotopic (exact) mass is 142 g/mol. The normalized spacial score (nSPS) is 18.7. The third-order valence-corrected chi connectivity index (χ3v) is 1.62. The molecule has 0 bridgehead atoms. The first-order valence-electron chi connectivity index (χ1n) is 3.49. The van der Waals surface area contributed by atoms with Gasteiger partial charge in [0, 0.05) is 13.1 Å². The summed E-state index contributed by atoms with van der Waals surface area (Å²) in [6.07, 6.45) is 4.07. The molecule has 1 heterocycles. The molecule has 3 heteroatoms. The fourth-order valence-corrected chi connectivity index (χ4v) is 1.06. The third-order valence-electron chi connectivity index (χ3n) is 1.62. The van der Waals surface area contributed by atoms with Gasteiger partial charge in [0.2, 0.25) is 0 Å². The number of methoxy groups -OCH3 is 1. The van der Waals surface area contributed by atoms with Crippen molar-refractivity contribution in [2.75, 3.05) is 20.2 Å². The predicted octanol–water partition coefficient (Wildman–Crippen LogP) is 1.05. The first-order chi connectivity index (χ1) is 4.84. The number of hydrogen-bond donors (Lipinski definition) is 0. The van der Waals surface area contributed by atoms with Crippen molar-refractivity contribution >= 4 is 6.09 Å². The summed E-state index contributed by atoms with van der Waals surface area (Å²) in [5.74, 6) is 0. The minimum Gasteiger partial charge on any atom is -0.453 e. The summed E-state index contributed by atoms with van der Waals surface area (Å²) in [5.41, 5.74) is 0. The molecular weight excluding hydrogens is 130 g/mol. The van der Waals surface area contributed by atoms with Gasteiger partial charge in [0.05, 0.1) is 7.11 Å². The lowest BCUT2D eigenvalue weighted by molar-refractivity contribution is 0.122. The molecule has 0 atom stereocenters. The Bertz CT molecular complexity index is 119. The minimum atomic E-state index is -0.212. The lowest BCUT2D eigenvalue weighted by Crippen LogP contribution is -2.35. The van der Waals surface area contributed by atoms with Crippen molar-refractivity contribution in [3.63, 3.8) is 0 Å². The highest BCUT2D eigenvalue weighted by molar-refractivity contribution is 5.67. The molecule has 0 saturated carbocycles. The maximum absolute atomic E-state index is 10.9. The van der Waals surface area contributed by atoms with E-state index in [0.717, 1.165) is 25.9 Å². The number of likely N-dealkylation sites (tertiary alicyclic amines) is 1. The lowest BCUT2D eigenvalue weighted by atomic mass is 10.1. The number of carbonyl (C=O) groups excluding carboxylic acids is 1. The molecule has 0 unspecified atom stereocenters. The van der Waals surface area contributed by atoms with Crippen LogP contribution in [-0.4, -0.2) is 31.2 Å². The molecule has 1 radical (unpaired) electrons. The van der Waals surface area contributed by atoms with Crippen molar-refractivity contribution in [2.24, 2.45) is 0 Å². The van der Waals surface area contributed by atoms with Crippen LogP contribution in [0.5, 0.6) is 0 Å². The molecule has 1 fully saturated rings. The molecule has 0 aromatic carbocycles. The van der Waals surface area contributed by atoms with E-state index in [-0.39, 0.29) is 6.09 Å². The molecule has 0 spiro atoms. The van der Waals surface area contributed by atoms with Crippen LogP contribution in [0.1, 0.15) is 12.8 Å². The molecular formula is C7H12NO2. The second kappa shape index (κ2) is 3.44. The summed E-state index contributed by atoms with van der Waals surface area (Å²) in [7, 11) is 1.41. The second-order valence-electron chi connectivity index (χ2n) is 2.35. The third kappa shape index (κ3) is 1.62. The Hall–Kier alpha value is -0.730. The van der Waals surface area contributed by atoms with E-state index in [1.165, 1.54) is 7.11 Å². The van der Waals surface area contributed by atoms with Crippen molar-refractivity contribution in [1.29, 1.82) is 0 Å². The number of piperidine rings is 1.